The number of ether oxygens (including phenoxy) is 1. The van der Waals surface area contributed by atoms with Crippen LogP contribution in [0.3, 0.4) is 0 Å². The monoisotopic (exact) mass is 433 g/mol. The third kappa shape index (κ3) is 4.25. The lowest BCUT2D eigenvalue weighted by atomic mass is 10.2. The van der Waals surface area contributed by atoms with Crippen LogP contribution in [0.15, 0.2) is 51.1 Å². The number of amides is 1. The van der Waals surface area contributed by atoms with E-state index in [1.165, 1.54) is 27.8 Å². The minimum absolute atomic E-state index is 0.0814. The van der Waals surface area contributed by atoms with Crippen LogP contribution >= 0.6 is 11.3 Å². The molecule has 29 heavy (non-hydrogen) atoms. The molecular formula is C19H19N3O5S2. The van der Waals surface area contributed by atoms with Gasteiger partial charge in [-0.15, -0.1) is 11.3 Å². The molecule has 1 aliphatic heterocycles. The number of nitrogens with one attached hydrogen (secondary N) is 1. The molecule has 0 atom stereocenters. The van der Waals surface area contributed by atoms with E-state index < -0.39 is 15.9 Å². The van der Waals surface area contributed by atoms with E-state index in [0.717, 1.165) is 5.76 Å². The quantitative estimate of drug-likeness (QED) is 0.664. The molecule has 152 valence electrons. The van der Waals surface area contributed by atoms with Crippen LogP contribution in [0.25, 0.3) is 11.5 Å². The molecule has 0 radical (unpaired) electrons. The molecule has 3 aromatic rings. The van der Waals surface area contributed by atoms with Gasteiger partial charge in [-0.1, -0.05) is 6.07 Å². The zero-order valence-corrected chi connectivity index (χ0v) is 17.3. The number of thiazole rings is 1. The molecular weight excluding hydrogens is 414 g/mol. The first-order valence-corrected chi connectivity index (χ1v) is 11.3. The highest BCUT2D eigenvalue weighted by Gasteiger charge is 2.27. The molecule has 4 rings (SSSR count). The molecule has 2 aromatic heterocycles. The predicted molar refractivity (Wildman–Crippen MR) is 109 cm³/mol. The fourth-order valence-electron chi connectivity index (χ4n) is 2.92. The number of furan rings is 1. The van der Waals surface area contributed by atoms with Crippen molar-refractivity contribution >= 4 is 32.4 Å². The van der Waals surface area contributed by atoms with Crippen molar-refractivity contribution in [1.82, 2.24) is 9.29 Å². The Balaban J connectivity index is 1.51. The van der Waals surface area contributed by atoms with Gasteiger partial charge in [0.1, 0.15) is 11.5 Å². The summed E-state index contributed by atoms with van der Waals surface area (Å²) in [7, 11) is -3.67. The molecule has 0 unspecified atom stereocenters. The van der Waals surface area contributed by atoms with Crippen LogP contribution in [0.5, 0.6) is 0 Å². The van der Waals surface area contributed by atoms with Crippen LogP contribution in [0.1, 0.15) is 16.1 Å². The summed E-state index contributed by atoms with van der Waals surface area (Å²) in [6.45, 7) is 3.16. The van der Waals surface area contributed by atoms with Crippen molar-refractivity contribution in [2.24, 2.45) is 0 Å². The second-order valence-corrected chi connectivity index (χ2v) is 9.24. The molecule has 0 saturated carbocycles. The van der Waals surface area contributed by atoms with E-state index in [1.807, 2.05) is 19.1 Å². The van der Waals surface area contributed by atoms with Gasteiger partial charge in [-0.05, 0) is 37.3 Å². The number of aryl methyl sites for hydroxylation is 1. The lowest BCUT2D eigenvalue weighted by molar-refractivity contribution is 0.0730. The zero-order chi connectivity index (χ0) is 20.4. The molecule has 0 aliphatic carbocycles. The molecule has 1 aliphatic rings. The zero-order valence-electron chi connectivity index (χ0n) is 15.6. The largest absolute Gasteiger partial charge is 0.460 e. The topological polar surface area (TPSA) is 102 Å². The Morgan fingerprint density at radius 3 is 2.72 bits per heavy atom. The minimum atomic E-state index is -3.67. The lowest BCUT2D eigenvalue weighted by Gasteiger charge is -2.26. The number of morpholine rings is 1. The molecule has 0 bridgehead atoms. The first-order chi connectivity index (χ1) is 13.9. The Bertz CT molecular complexity index is 1130. The Kier molecular flexibility index (Phi) is 5.50. The summed E-state index contributed by atoms with van der Waals surface area (Å²) in [6, 6.07) is 9.65. The van der Waals surface area contributed by atoms with Crippen molar-refractivity contribution in [1.29, 1.82) is 0 Å². The van der Waals surface area contributed by atoms with Gasteiger partial charge in [0.25, 0.3) is 5.91 Å². The second-order valence-electron chi connectivity index (χ2n) is 6.45. The van der Waals surface area contributed by atoms with E-state index >= 15 is 0 Å². The number of benzene rings is 1. The van der Waals surface area contributed by atoms with E-state index in [1.54, 1.807) is 17.5 Å². The van der Waals surface area contributed by atoms with Gasteiger partial charge >= 0.3 is 0 Å². The van der Waals surface area contributed by atoms with Crippen molar-refractivity contribution < 1.29 is 22.4 Å². The third-order valence-corrected chi connectivity index (χ3v) is 7.07. The van der Waals surface area contributed by atoms with Crippen LogP contribution < -0.4 is 5.32 Å². The van der Waals surface area contributed by atoms with Crippen LogP contribution in [0.2, 0.25) is 0 Å². The van der Waals surface area contributed by atoms with Gasteiger partial charge in [0, 0.05) is 24.0 Å². The van der Waals surface area contributed by atoms with Crippen LogP contribution in [0.4, 0.5) is 5.13 Å². The highest BCUT2D eigenvalue weighted by atomic mass is 32.2. The van der Waals surface area contributed by atoms with Crippen molar-refractivity contribution in [3.05, 3.63) is 53.1 Å². The second kappa shape index (κ2) is 8.07. The Labute approximate surface area is 172 Å². The van der Waals surface area contributed by atoms with E-state index in [2.05, 4.69) is 10.3 Å². The summed E-state index contributed by atoms with van der Waals surface area (Å²) >= 11 is 1.27. The van der Waals surface area contributed by atoms with Gasteiger partial charge < -0.3 is 9.15 Å². The van der Waals surface area contributed by atoms with E-state index in [-0.39, 0.29) is 10.5 Å². The maximum absolute atomic E-state index is 12.8. The van der Waals surface area contributed by atoms with E-state index in [4.69, 9.17) is 9.15 Å². The third-order valence-electron chi connectivity index (χ3n) is 4.42. The van der Waals surface area contributed by atoms with Gasteiger partial charge in [0.15, 0.2) is 10.9 Å². The van der Waals surface area contributed by atoms with E-state index in [9.17, 15) is 13.2 Å². The summed E-state index contributed by atoms with van der Waals surface area (Å²) in [6.07, 6.45) is 0. The molecule has 1 N–H and O–H groups in total. The van der Waals surface area contributed by atoms with E-state index in [0.29, 0.717) is 42.9 Å². The summed E-state index contributed by atoms with van der Waals surface area (Å²) in [5.74, 6) is 0.968. The molecule has 1 fully saturated rings. The highest BCUT2D eigenvalue weighted by Crippen LogP contribution is 2.27. The predicted octanol–water partition coefficient (Wildman–Crippen LogP) is 2.98. The average Bonchev–Trinajstić information content (AvgIpc) is 3.37. The minimum Gasteiger partial charge on any atom is -0.460 e. The van der Waals surface area contributed by atoms with Crippen molar-refractivity contribution in [2.75, 3.05) is 31.6 Å². The van der Waals surface area contributed by atoms with Crippen LogP contribution in [-0.4, -0.2) is 49.9 Å². The van der Waals surface area contributed by atoms with Crippen molar-refractivity contribution in [3.8, 4) is 11.5 Å². The molecule has 0 spiro atoms. The van der Waals surface area contributed by atoms with Crippen LogP contribution in [-0.2, 0) is 14.8 Å². The number of hydrogen-bond acceptors (Lipinski definition) is 7. The molecule has 1 aromatic carbocycles. The first kappa shape index (κ1) is 19.8. The molecule has 1 amide bonds. The fourth-order valence-corrected chi connectivity index (χ4v) is 5.07. The number of nitrogens with zero attached hydrogens (tertiary/aromatic N) is 2. The van der Waals surface area contributed by atoms with Gasteiger partial charge in [-0.2, -0.15) is 4.31 Å². The highest BCUT2D eigenvalue weighted by molar-refractivity contribution is 7.89. The van der Waals surface area contributed by atoms with Gasteiger partial charge in [-0.3, -0.25) is 10.1 Å². The molecule has 8 nitrogen and oxygen atoms in total. The smallest absolute Gasteiger partial charge is 0.257 e. The number of aromatic nitrogens is 1. The number of carbonyl (C=O) groups is 1. The number of sulfonamides is 1. The van der Waals surface area contributed by atoms with Gasteiger partial charge in [-0.25, -0.2) is 13.4 Å². The first-order valence-electron chi connectivity index (χ1n) is 8.95. The normalized spacial score (nSPS) is 15.3. The van der Waals surface area contributed by atoms with Crippen LogP contribution in [0, 0.1) is 6.92 Å². The average molecular weight is 434 g/mol. The SMILES string of the molecule is Cc1ccc(-c2csc(NC(=O)c3cccc(S(=O)(=O)N4CCOCC4)c3)n2)o1. The lowest BCUT2D eigenvalue weighted by Crippen LogP contribution is -2.40. The Hall–Kier alpha value is -2.53. The van der Waals surface area contributed by atoms with Crippen molar-refractivity contribution in [2.45, 2.75) is 11.8 Å². The summed E-state index contributed by atoms with van der Waals surface area (Å²) in [4.78, 5) is 17.1. The fraction of sp³-hybridized carbons (Fsp3) is 0.263. The molecule has 10 heteroatoms. The summed E-state index contributed by atoms with van der Waals surface area (Å²) < 4.78 is 37.7. The Morgan fingerprint density at radius 1 is 1.21 bits per heavy atom. The number of anilines is 1. The summed E-state index contributed by atoms with van der Waals surface area (Å²) in [5.41, 5.74) is 0.868. The number of carbonyl (C=O) groups excluding carboxylic acids is 1. The standard InChI is InChI=1S/C19H19N3O5S2/c1-13-5-6-17(27-13)16-12-28-19(20-16)21-18(23)14-3-2-4-15(11-14)29(24,25)22-7-9-26-10-8-22/h2-6,11-12H,7-10H2,1H3,(H,20,21,23). The Morgan fingerprint density at radius 2 is 2.00 bits per heavy atom. The molecule has 1 saturated heterocycles. The summed E-state index contributed by atoms with van der Waals surface area (Å²) in [5, 5.41) is 4.90. The molecule has 3 heterocycles. The maximum atomic E-state index is 12.8. The maximum Gasteiger partial charge on any atom is 0.257 e. The van der Waals surface area contributed by atoms with Gasteiger partial charge in [0.2, 0.25) is 10.0 Å². The number of rotatable bonds is 5. The van der Waals surface area contributed by atoms with Crippen molar-refractivity contribution in [3.63, 3.8) is 0 Å². The van der Waals surface area contributed by atoms with Gasteiger partial charge in [0.05, 0.1) is 18.1 Å². The number of hydrogen-bond donors (Lipinski definition) is 1.